The SMILES string of the molecule is CC(Oc1cccc(C2(c3ccsc3)CC(O)C(Sc3ccccc3Cl)C(=O)N2)n1)C(F)(F)F. The molecule has 1 aliphatic rings. The quantitative estimate of drug-likeness (QED) is 0.447. The van der Waals surface area contributed by atoms with Gasteiger partial charge in [0.25, 0.3) is 0 Å². The molecular formula is C23H20ClF3N2O3S2. The van der Waals surface area contributed by atoms with Crippen LogP contribution in [-0.2, 0) is 10.3 Å². The van der Waals surface area contributed by atoms with Crippen molar-refractivity contribution in [2.45, 2.75) is 47.4 Å². The Labute approximate surface area is 207 Å². The van der Waals surface area contributed by atoms with E-state index < -0.39 is 35.1 Å². The zero-order valence-corrected chi connectivity index (χ0v) is 20.1. The fourth-order valence-electron chi connectivity index (χ4n) is 3.72. The van der Waals surface area contributed by atoms with Gasteiger partial charge in [-0.1, -0.05) is 29.8 Å². The molecule has 1 aromatic carbocycles. The lowest BCUT2D eigenvalue weighted by molar-refractivity contribution is -0.190. The van der Waals surface area contributed by atoms with Gasteiger partial charge in [-0.05, 0) is 47.5 Å². The number of carbonyl (C=O) groups is 1. The lowest BCUT2D eigenvalue weighted by atomic mass is 9.79. The van der Waals surface area contributed by atoms with E-state index in [9.17, 15) is 23.1 Å². The number of hydrogen-bond acceptors (Lipinski definition) is 6. The van der Waals surface area contributed by atoms with Crippen LogP contribution in [-0.4, -0.2) is 39.6 Å². The summed E-state index contributed by atoms with van der Waals surface area (Å²) in [7, 11) is 0. The minimum atomic E-state index is -4.55. The third-order valence-corrected chi connectivity index (χ3v) is 8.00. The molecular weight excluding hydrogens is 509 g/mol. The van der Waals surface area contributed by atoms with Crippen LogP contribution in [0.15, 0.2) is 64.2 Å². The number of halogens is 4. The molecule has 0 aliphatic carbocycles. The zero-order chi connectivity index (χ0) is 24.5. The predicted octanol–water partition coefficient (Wildman–Crippen LogP) is 5.41. The Morgan fingerprint density at radius 1 is 1.26 bits per heavy atom. The number of aromatic nitrogens is 1. The van der Waals surface area contributed by atoms with Crippen molar-refractivity contribution < 1.29 is 27.8 Å². The molecule has 4 unspecified atom stereocenters. The summed E-state index contributed by atoms with van der Waals surface area (Å²) in [5, 5.41) is 17.3. The maximum Gasteiger partial charge on any atom is 0.425 e. The highest BCUT2D eigenvalue weighted by Gasteiger charge is 2.49. The molecule has 0 radical (unpaired) electrons. The van der Waals surface area contributed by atoms with E-state index in [1.165, 1.54) is 23.5 Å². The molecule has 11 heteroatoms. The molecule has 180 valence electrons. The largest absolute Gasteiger partial charge is 0.465 e. The number of nitrogens with zero attached hydrogens (tertiary/aromatic N) is 1. The molecule has 1 amide bonds. The number of aliphatic hydroxyl groups excluding tert-OH is 1. The van der Waals surface area contributed by atoms with Crippen molar-refractivity contribution in [3.63, 3.8) is 0 Å². The fraction of sp³-hybridized carbons (Fsp3) is 0.304. The van der Waals surface area contributed by atoms with Crippen LogP contribution in [0.3, 0.4) is 0 Å². The van der Waals surface area contributed by atoms with Gasteiger partial charge in [-0.3, -0.25) is 4.79 Å². The number of rotatable bonds is 6. The topological polar surface area (TPSA) is 71.5 Å². The van der Waals surface area contributed by atoms with E-state index in [2.05, 4.69) is 10.3 Å². The Balaban J connectivity index is 1.67. The monoisotopic (exact) mass is 528 g/mol. The Bertz CT molecular complexity index is 1160. The zero-order valence-electron chi connectivity index (χ0n) is 17.8. The second kappa shape index (κ2) is 9.77. The van der Waals surface area contributed by atoms with E-state index in [0.717, 1.165) is 18.7 Å². The van der Waals surface area contributed by atoms with Crippen molar-refractivity contribution in [2.75, 3.05) is 0 Å². The van der Waals surface area contributed by atoms with E-state index in [1.807, 2.05) is 10.8 Å². The molecule has 0 saturated carbocycles. The second-order valence-corrected chi connectivity index (χ2v) is 10.2. The molecule has 1 aliphatic heterocycles. The molecule has 4 atom stereocenters. The summed E-state index contributed by atoms with van der Waals surface area (Å²) in [5.41, 5.74) is -0.305. The number of pyridine rings is 1. The number of nitrogens with one attached hydrogen (secondary N) is 1. The predicted molar refractivity (Wildman–Crippen MR) is 125 cm³/mol. The number of hydrogen-bond donors (Lipinski definition) is 2. The second-order valence-electron chi connectivity index (χ2n) is 7.81. The smallest absolute Gasteiger partial charge is 0.425 e. The average Bonchev–Trinajstić information content (AvgIpc) is 3.32. The van der Waals surface area contributed by atoms with Crippen LogP contribution in [0.25, 0.3) is 0 Å². The Hall–Kier alpha value is -2.27. The lowest BCUT2D eigenvalue weighted by Crippen LogP contribution is -2.59. The Kier molecular flexibility index (Phi) is 7.14. The summed E-state index contributed by atoms with van der Waals surface area (Å²) in [5.74, 6) is -0.667. The number of benzene rings is 1. The summed E-state index contributed by atoms with van der Waals surface area (Å²) < 4.78 is 44.0. The third kappa shape index (κ3) is 5.05. The van der Waals surface area contributed by atoms with E-state index in [0.29, 0.717) is 15.5 Å². The van der Waals surface area contributed by atoms with Gasteiger partial charge in [-0.2, -0.15) is 24.5 Å². The standard InChI is InChI=1S/C23H20ClF3N2O3S2/c1-13(23(25,26)27)32-19-8-4-7-18(28-19)22(14-9-10-33-12-14)11-16(30)20(21(31)29-22)34-17-6-3-2-5-15(17)24/h2-10,12-13,16,20,30H,11H2,1H3,(H,29,31). The minimum absolute atomic E-state index is 0.0584. The first-order valence-electron chi connectivity index (χ1n) is 10.2. The number of thiophene rings is 1. The summed E-state index contributed by atoms with van der Waals surface area (Å²) in [6, 6.07) is 13.2. The molecule has 2 N–H and O–H groups in total. The first kappa shape index (κ1) is 24.8. The Morgan fingerprint density at radius 2 is 2.03 bits per heavy atom. The number of alkyl halides is 3. The van der Waals surface area contributed by atoms with Gasteiger partial charge >= 0.3 is 6.18 Å². The maximum atomic E-state index is 13.3. The highest BCUT2D eigenvalue weighted by molar-refractivity contribution is 8.00. The molecule has 5 nitrogen and oxygen atoms in total. The van der Waals surface area contributed by atoms with Gasteiger partial charge in [0.05, 0.1) is 16.8 Å². The number of thioether (sulfide) groups is 1. The maximum absolute atomic E-state index is 13.3. The van der Waals surface area contributed by atoms with Crippen LogP contribution in [0.4, 0.5) is 13.2 Å². The van der Waals surface area contributed by atoms with Crippen molar-refractivity contribution in [1.29, 1.82) is 0 Å². The van der Waals surface area contributed by atoms with E-state index in [-0.39, 0.29) is 18.0 Å². The molecule has 2 aromatic heterocycles. The van der Waals surface area contributed by atoms with Crippen molar-refractivity contribution in [3.8, 4) is 5.88 Å². The number of aliphatic hydroxyl groups is 1. The first-order valence-corrected chi connectivity index (χ1v) is 12.4. The molecule has 0 bridgehead atoms. The number of amides is 1. The van der Waals surface area contributed by atoms with Crippen molar-refractivity contribution in [1.82, 2.24) is 10.3 Å². The van der Waals surface area contributed by atoms with Crippen LogP contribution in [0.5, 0.6) is 5.88 Å². The van der Waals surface area contributed by atoms with E-state index in [1.54, 1.807) is 36.4 Å². The van der Waals surface area contributed by atoms with E-state index in [4.69, 9.17) is 16.3 Å². The molecule has 34 heavy (non-hydrogen) atoms. The summed E-state index contributed by atoms with van der Waals surface area (Å²) in [6.45, 7) is 0.895. The van der Waals surface area contributed by atoms with Gasteiger partial charge in [-0.25, -0.2) is 4.98 Å². The Morgan fingerprint density at radius 3 is 2.68 bits per heavy atom. The first-order chi connectivity index (χ1) is 16.1. The van der Waals surface area contributed by atoms with Crippen molar-refractivity contribution in [3.05, 3.63) is 75.6 Å². The summed E-state index contributed by atoms with van der Waals surface area (Å²) in [4.78, 5) is 18.2. The highest BCUT2D eigenvalue weighted by Crippen LogP contribution is 2.43. The van der Waals surface area contributed by atoms with Crippen molar-refractivity contribution >= 4 is 40.6 Å². The van der Waals surface area contributed by atoms with Crippen LogP contribution >= 0.6 is 34.7 Å². The van der Waals surface area contributed by atoms with Gasteiger partial charge < -0.3 is 15.2 Å². The molecule has 4 rings (SSSR count). The number of ether oxygens (including phenoxy) is 1. The van der Waals surface area contributed by atoms with Crippen LogP contribution in [0.1, 0.15) is 24.6 Å². The number of carbonyl (C=O) groups excluding carboxylic acids is 1. The normalized spacial score (nSPS) is 23.9. The van der Waals surface area contributed by atoms with Gasteiger partial charge in [0, 0.05) is 17.4 Å². The van der Waals surface area contributed by atoms with Gasteiger partial charge in [0.1, 0.15) is 10.8 Å². The van der Waals surface area contributed by atoms with Crippen molar-refractivity contribution in [2.24, 2.45) is 0 Å². The number of piperidine rings is 1. The molecule has 0 spiro atoms. The van der Waals surface area contributed by atoms with Crippen LogP contribution in [0.2, 0.25) is 5.02 Å². The highest BCUT2D eigenvalue weighted by atomic mass is 35.5. The molecule has 3 aromatic rings. The fourth-order valence-corrected chi connectivity index (χ4v) is 5.75. The van der Waals surface area contributed by atoms with E-state index >= 15 is 0 Å². The van der Waals surface area contributed by atoms with Crippen LogP contribution < -0.4 is 10.1 Å². The van der Waals surface area contributed by atoms with Gasteiger partial charge in [0.15, 0.2) is 6.10 Å². The van der Waals surface area contributed by atoms with Gasteiger partial charge in [-0.15, -0.1) is 11.8 Å². The minimum Gasteiger partial charge on any atom is -0.465 e. The molecule has 1 saturated heterocycles. The lowest BCUT2D eigenvalue weighted by Gasteiger charge is -2.42. The summed E-state index contributed by atoms with van der Waals surface area (Å²) >= 11 is 8.77. The average molecular weight is 529 g/mol. The summed E-state index contributed by atoms with van der Waals surface area (Å²) in [6.07, 6.45) is -7.64. The molecule has 1 fully saturated rings. The van der Waals surface area contributed by atoms with Gasteiger partial charge in [0.2, 0.25) is 11.8 Å². The third-order valence-electron chi connectivity index (χ3n) is 5.48. The molecule has 3 heterocycles. The van der Waals surface area contributed by atoms with Crippen LogP contribution in [0, 0.1) is 0 Å².